The van der Waals surface area contributed by atoms with Crippen molar-refractivity contribution in [1.82, 2.24) is 4.90 Å². The standard InChI is InChI=1S/C10H17NO5S/c1-15-7-3-11(4-8(7)16-2)9(12)5-17-6-10(13)14/h7-8H,3-6H2,1-2H3,(H,13,14). The first-order valence-electron chi connectivity index (χ1n) is 5.21. The summed E-state index contributed by atoms with van der Waals surface area (Å²) in [5.41, 5.74) is 0. The largest absolute Gasteiger partial charge is 0.481 e. The van der Waals surface area contributed by atoms with E-state index in [4.69, 9.17) is 14.6 Å². The Morgan fingerprint density at radius 1 is 1.24 bits per heavy atom. The molecular formula is C10H17NO5S. The van der Waals surface area contributed by atoms with E-state index >= 15 is 0 Å². The average molecular weight is 263 g/mol. The SMILES string of the molecule is COC1CN(C(=O)CSCC(=O)O)CC1OC. The number of nitrogens with zero attached hydrogens (tertiary/aromatic N) is 1. The maximum atomic E-state index is 11.8. The highest BCUT2D eigenvalue weighted by atomic mass is 32.2. The lowest BCUT2D eigenvalue weighted by atomic mass is 10.3. The van der Waals surface area contributed by atoms with E-state index in [1.165, 1.54) is 0 Å². The van der Waals surface area contributed by atoms with Crippen LogP contribution in [0.25, 0.3) is 0 Å². The number of carboxylic acid groups (broad SMARTS) is 1. The van der Waals surface area contributed by atoms with E-state index in [0.29, 0.717) is 13.1 Å². The summed E-state index contributed by atoms with van der Waals surface area (Å²) in [5, 5.41) is 8.47. The summed E-state index contributed by atoms with van der Waals surface area (Å²) in [6, 6.07) is 0. The molecule has 0 spiro atoms. The highest BCUT2D eigenvalue weighted by Crippen LogP contribution is 2.16. The van der Waals surface area contributed by atoms with Crippen molar-refractivity contribution in [3.8, 4) is 0 Å². The molecule has 1 aliphatic rings. The Kier molecular flexibility index (Phi) is 5.73. The maximum Gasteiger partial charge on any atom is 0.313 e. The number of amides is 1. The van der Waals surface area contributed by atoms with Gasteiger partial charge in [-0.3, -0.25) is 9.59 Å². The fourth-order valence-electron chi connectivity index (χ4n) is 1.72. The van der Waals surface area contributed by atoms with Crippen LogP contribution in [0.15, 0.2) is 0 Å². The summed E-state index contributed by atoms with van der Waals surface area (Å²) in [6.45, 7) is 1.00. The predicted molar refractivity (Wildman–Crippen MR) is 63.1 cm³/mol. The minimum atomic E-state index is -0.909. The molecule has 2 unspecified atom stereocenters. The molecule has 0 aromatic heterocycles. The van der Waals surface area contributed by atoms with Crippen LogP contribution in [0.5, 0.6) is 0 Å². The van der Waals surface area contributed by atoms with Crippen LogP contribution in [-0.2, 0) is 19.1 Å². The second kappa shape index (κ2) is 6.83. The summed E-state index contributed by atoms with van der Waals surface area (Å²) in [4.78, 5) is 23.7. The van der Waals surface area contributed by atoms with Crippen LogP contribution in [0, 0.1) is 0 Å². The van der Waals surface area contributed by atoms with Crippen molar-refractivity contribution in [2.24, 2.45) is 0 Å². The number of aliphatic carboxylic acids is 1. The van der Waals surface area contributed by atoms with Crippen LogP contribution in [-0.4, -0.2) is 72.9 Å². The minimum Gasteiger partial charge on any atom is -0.481 e. The third kappa shape index (κ3) is 4.18. The first-order chi connectivity index (χ1) is 8.08. The summed E-state index contributed by atoms with van der Waals surface area (Å²) < 4.78 is 10.4. The number of thioether (sulfide) groups is 1. The van der Waals surface area contributed by atoms with Crippen molar-refractivity contribution >= 4 is 23.6 Å². The first kappa shape index (κ1) is 14.3. The zero-order chi connectivity index (χ0) is 12.8. The van der Waals surface area contributed by atoms with Crippen molar-refractivity contribution in [3.63, 3.8) is 0 Å². The second-order valence-corrected chi connectivity index (χ2v) is 4.72. The summed E-state index contributed by atoms with van der Waals surface area (Å²) in [6.07, 6.45) is -0.207. The van der Waals surface area contributed by atoms with Crippen molar-refractivity contribution in [2.45, 2.75) is 12.2 Å². The Bertz CT molecular complexity index is 274. The molecule has 1 saturated heterocycles. The smallest absolute Gasteiger partial charge is 0.313 e. The molecule has 1 heterocycles. The lowest BCUT2D eigenvalue weighted by molar-refractivity contribution is -0.133. The van der Waals surface area contributed by atoms with E-state index in [0.717, 1.165) is 11.8 Å². The molecule has 98 valence electrons. The molecular weight excluding hydrogens is 246 g/mol. The monoisotopic (exact) mass is 263 g/mol. The molecule has 0 radical (unpaired) electrons. The molecule has 17 heavy (non-hydrogen) atoms. The maximum absolute atomic E-state index is 11.8. The molecule has 0 aromatic carbocycles. The van der Waals surface area contributed by atoms with E-state index in [9.17, 15) is 9.59 Å². The third-order valence-electron chi connectivity index (χ3n) is 2.62. The molecule has 1 N–H and O–H groups in total. The molecule has 7 heteroatoms. The molecule has 1 amide bonds. The topological polar surface area (TPSA) is 76.1 Å². The number of carbonyl (C=O) groups is 2. The van der Waals surface area contributed by atoms with Gasteiger partial charge in [0.25, 0.3) is 0 Å². The number of likely N-dealkylation sites (tertiary alicyclic amines) is 1. The molecule has 2 atom stereocenters. The number of methoxy groups -OCH3 is 2. The van der Waals surface area contributed by atoms with E-state index < -0.39 is 5.97 Å². The van der Waals surface area contributed by atoms with Crippen molar-refractivity contribution in [1.29, 1.82) is 0 Å². The van der Waals surface area contributed by atoms with Gasteiger partial charge in [0, 0.05) is 27.3 Å². The van der Waals surface area contributed by atoms with Gasteiger partial charge in [0.15, 0.2) is 0 Å². The van der Waals surface area contributed by atoms with Gasteiger partial charge >= 0.3 is 5.97 Å². The average Bonchev–Trinajstić information content (AvgIpc) is 2.71. The van der Waals surface area contributed by atoms with Gasteiger partial charge in [-0.2, -0.15) is 0 Å². The Morgan fingerprint density at radius 2 is 1.76 bits per heavy atom. The molecule has 6 nitrogen and oxygen atoms in total. The van der Waals surface area contributed by atoms with Gasteiger partial charge in [-0.25, -0.2) is 0 Å². The molecule has 0 aliphatic carbocycles. The summed E-state index contributed by atoms with van der Waals surface area (Å²) in [7, 11) is 3.17. The Balaban J connectivity index is 2.36. The summed E-state index contributed by atoms with van der Waals surface area (Å²) in [5.74, 6) is -0.855. The lowest BCUT2D eigenvalue weighted by Gasteiger charge is -2.14. The van der Waals surface area contributed by atoms with Gasteiger partial charge in [-0.1, -0.05) is 0 Å². The van der Waals surface area contributed by atoms with Crippen molar-refractivity contribution in [3.05, 3.63) is 0 Å². The Labute approximate surface area is 104 Å². The van der Waals surface area contributed by atoms with Gasteiger partial charge in [0.05, 0.1) is 11.5 Å². The van der Waals surface area contributed by atoms with Crippen LogP contribution in [0.4, 0.5) is 0 Å². The van der Waals surface area contributed by atoms with Crippen LogP contribution in [0.1, 0.15) is 0 Å². The lowest BCUT2D eigenvalue weighted by Crippen LogP contribution is -2.31. The van der Waals surface area contributed by atoms with Crippen LogP contribution >= 0.6 is 11.8 Å². The fraction of sp³-hybridized carbons (Fsp3) is 0.800. The quantitative estimate of drug-likeness (QED) is 0.707. The second-order valence-electron chi connectivity index (χ2n) is 3.73. The number of carboxylic acids is 1. The molecule has 1 aliphatic heterocycles. The van der Waals surface area contributed by atoms with E-state index in [2.05, 4.69) is 0 Å². The minimum absolute atomic E-state index is 0.0546. The van der Waals surface area contributed by atoms with Gasteiger partial charge in [-0.15, -0.1) is 11.8 Å². The Hall–Kier alpha value is -0.790. The molecule has 1 fully saturated rings. The number of ether oxygens (including phenoxy) is 2. The van der Waals surface area contributed by atoms with Gasteiger partial charge in [0.2, 0.25) is 5.91 Å². The van der Waals surface area contributed by atoms with Crippen LogP contribution in [0.2, 0.25) is 0 Å². The normalized spacial score (nSPS) is 24.0. The molecule has 0 bridgehead atoms. The van der Waals surface area contributed by atoms with Crippen LogP contribution < -0.4 is 0 Å². The molecule has 1 rings (SSSR count). The predicted octanol–water partition coefficient (Wildman–Crippen LogP) is -0.324. The number of hydrogen-bond acceptors (Lipinski definition) is 5. The number of rotatable bonds is 6. The fourth-order valence-corrected chi connectivity index (χ4v) is 2.35. The zero-order valence-corrected chi connectivity index (χ0v) is 10.7. The molecule has 0 saturated carbocycles. The Morgan fingerprint density at radius 3 is 2.18 bits per heavy atom. The van der Waals surface area contributed by atoms with Crippen molar-refractivity contribution < 1.29 is 24.2 Å². The van der Waals surface area contributed by atoms with Crippen LogP contribution in [0.3, 0.4) is 0 Å². The van der Waals surface area contributed by atoms with E-state index in [1.807, 2.05) is 0 Å². The molecule has 0 aromatic rings. The zero-order valence-electron chi connectivity index (χ0n) is 9.92. The highest BCUT2D eigenvalue weighted by molar-refractivity contribution is 8.00. The van der Waals surface area contributed by atoms with Gasteiger partial charge in [-0.05, 0) is 0 Å². The van der Waals surface area contributed by atoms with Gasteiger partial charge < -0.3 is 19.5 Å². The first-order valence-corrected chi connectivity index (χ1v) is 6.36. The summed E-state index contributed by atoms with van der Waals surface area (Å²) >= 11 is 1.10. The van der Waals surface area contributed by atoms with E-state index in [-0.39, 0.29) is 29.6 Å². The number of carbonyl (C=O) groups excluding carboxylic acids is 1. The van der Waals surface area contributed by atoms with E-state index in [1.54, 1.807) is 19.1 Å². The van der Waals surface area contributed by atoms with Gasteiger partial charge in [0.1, 0.15) is 12.2 Å². The third-order valence-corrected chi connectivity index (χ3v) is 3.53. The number of hydrogen-bond donors (Lipinski definition) is 1. The highest BCUT2D eigenvalue weighted by Gasteiger charge is 2.35. The van der Waals surface area contributed by atoms with Crippen molar-refractivity contribution in [2.75, 3.05) is 38.8 Å².